The molecule has 0 bridgehead atoms. The van der Waals surface area contributed by atoms with E-state index in [9.17, 15) is 14.7 Å². The van der Waals surface area contributed by atoms with Crippen LogP contribution < -0.4 is 15.1 Å². The van der Waals surface area contributed by atoms with Crippen LogP contribution in [0.1, 0.15) is 19.3 Å². The van der Waals surface area contributed by atoms with E-state index in [1.54, 1.807) is 4.90 Å². The number of aliphatic hydroxyl groups excluding tert-OH is 1. The fourth-order valence-corrected chi connectivity index (χ4v) is 3.23. The second-order valence-corrected chi connectivity index (χ2v) is 6.04. The number of carbonyl (C=O) groups is 2. The zero-order valence-corrected chi connectivity index (χ0v) is 12.8. The lowest BCUT2D eigenvalue weighted by Crippen LogP contribution is -2.52. The lowest BCUT2D eigenvalue weighted by Gasteiger charge is -2.32. The van der Waals surface area contributed by atoms with Crippen molar-refractivity contribution in [3.63, 3.8) is 0 Å². The van der Waals surface area contributed by atoms with E-state index in [0.29, 0.717) is 19.5 Å². The Bertz CT molecular complexity index is 589. The van der Waals surface area contributed by atoms with Crippen LogP contribution in [-0.2, 0) is 4.79 Å². The van der Waals surface area contributed by atoms with Crippen LogP contribution in [0.5, 0.6) is 0 Å². The van der Waals surface area contributed by atoms with Crippen LogP contribution in [0.2, 0.25) is 0 Å². The SMILES string of the molecule is O=C(O)NC1CCCN(c2ccc(N3CCC(O)C3)cc2)C1=O. The lowest BCUT2D eigenvalue weighted by molar-refractivity contribution is -0.121. The first-order valence-electron chi connectivity index (χ1n) is 7.88. The van der Waals surface area contributed by atoms with Crippen LogP contribution in [0.15, 0.2) is 24.3 Å². The number of hydrogen-bond donors (Lipinski definition) is 3. The van der Waals surface area contributed by atoms with Crippen LogP contribution in [0.4, 0.5) is 16.2 Å². The summed E-state index contributed by atoms with van der Waals surface area (Å²) >= 11 is 0. The molecule has 2 fully saturated rings. The summed E-state index contributed by atoms with van der Waals surface area (Å²) in [6, 6.07) is 6.96. The zero-order valence-electron chi connectivity index (χ0n) is 12.8. The maximum atomic E-state index is 12.4. The second kappa shape index (κ2) is 6.45. The van der Waals surface area contributed by atoms with Gasteiger partial charge in [0.1, 0.15) is 6.04 Å². The molecule has 0 aliphatic carbocycles. The number of aliphatic hydroxyl groups is 1. The molecule has 0 spiro atoms. The summed E-state index contributed by atoms with van der Waals surface area (Å²) in [7, 11) is 0. The quantitative estimate of drug-likeness (QED) is 0.773. The molecule has 2 saturated heterocycles. The number of β-amino-alcohol motifs (C(OH)–C–C–N with tert-alkyl or cyclic N) is 1. The summed E-state index contributed by atoms with van der Waals surface area (Å²) in [6.45, 7) is 2.05. The Balaban J connectivity index is 1.71. The molecule has 2 aliphatic rings. The summed E-state index contributed by atoms with van der Waals surface area (Å²) < 4.78 is 0. The molecule has 2 heterocycles. The number of benzene rings is 1. The molecule has 0 saturated carbocycles. The minimum atomic E-state index is -1.17. The van der Waals surface area contributed by atoms with Gasteiger partial charge in [-0.15, -0.1) is 0 Å². The van der Waals surface area contributed by atoms with Crippen LogP contribution in [0.25, 0.3) is 0 Å². The number of hydrogen-bond acceptors (Lipinski definition) is 4. The fraction of sp³-hybridized carbons (Fsp3) is 0.500. The summed E-state index contributed by atoms with van der Waals surface area (Å²) in [6.07, 6.45) is 0.617. The largest absolute Gasteiger partial charge is 0.465 e. The molecular weight excluding hydrogens is 298 g/mol. The monoisotopic (exact) mass is 319 g/mol. The molecule has 3 rings (SSSR count). The number of carboxylic acid groups (broad SMARTS) is 1. The van der Waals surface area contributed by atoms with E-state index in [1.165, 1.54) is 0 Å². The second-order valence-electron chi connectivity index (χ2n) is 6.04. The Morgan fingerprint density at radius 3 is 2.43 bits per heavy atom. The third kappa shape index (κ3) is 3.39. The van der Waals surface area contributed by atoms with Crippen LogP contribution in [-0.4, -0.2) is 54.0 Å². The van der Waals surface area contributed by atoms with Crippen molar-refractivity contribution in [3.8, 4) is 0 Å². The predicted molar refractivity (Wildman–Crippen MR) is 85.8 cm³/mol. The van der Waals surface area contributed by atoms with Crippen molar-refractivity contribution >= 4 is 23.4 Å². The molecule has 7 heteroatoms. The highest BCUT2D eigenvalue weighted by molar-refractivity contribution is 5.99. The van der Waals surface area contributed by atoms with Crippen molar-refractivity contribution in [3.05, 3.63) is 24.3 Å². The maximum absolute atomic E-state index is 12.4. The number of amides is 2. The van der Waals surface area contributed by atoms with Crippen molar-refractivity contribution < 1.29 is 19.8 Å². The van der Waals surface area contributed by atoms with Crippen molar-refractivity contribution in [1.82, 2.24) is 5.32 Å². The highest BCUT2D eigenvalue weighted by Gasteiger charge is 2.30. The van der Waals surface area contributed by atoms with Gasteiger partial charge in [0.2, 0.25) is 5.91 Å². The Morgan fingerprint density at radius 1 is 1.13 bits per heavy atom. The van der Waals surface area contributed by atoms with Gasteiger partial charge in [-0.1, -0.05) is 0 Å². The van der Waals surface area contributed by atoms with Crippen LogP contribution in [0, 0.1) is 0 Å². The standard InChI is InChI=1S/C16H21N3O4/c20-13-7-9-18(10-13)11-3-5-12(6-4-11)19-8-1-2-14(15(19)21)17-16(22)23/h3-6,13-14,17,20H,1-2,7-10H2,(H,22,23). The van der Waals surface area contributed by atoms with Gasteiger partial charge in [0.05, 0.1) is 6.10 Å². The van der Waals surface area contributed by atoms with Gasteiger partial charge >= 0.3 is 6.09 Å². The van der Waals surface area contributed by atoms with Crippen LogP contribution in [0.3, 0.4) is 0 Å². The number of carbonyl (C=O) groups excluding carboxylic acids is 1. The van der Waals surface area contributed by atoms with Crippen molar-refractivity contribution in [2.45, 2.75) is 31.4 Å². The average Bonchev–Trinajstić information content (AvgIpc) is 2.96. The third-order valence-electron chi connectivity index (χ3n) is 4.43. The smallest absolute Gasteiger partial charge is 0.405 e. The summed E-state index contributed by atoms with van der Waals surface area (Å²) in [5, 5.41) is 20.7. The van der Waals surface area contributed by atoms with Gasteiger partial charge in [0.15, 0.2) is 0 Å². The van der Waals surface area contributed by atoms with Crippen LogP contribution >= 0.6 is 0 Å². The lowest BCUT2D eigenvalue weighted by atomic mass is 10.0. The van der Waals surface area contributed by atoms with Gasteiger partial charge < -0.3 is 25.3 Å². The van der Waals surface area contributed by atoms with E-state index >= 15 is 0 Å². The highest BCUT2D eigenvalue weighted by Crippen LogP contribution is 2.26. The molecule has 3 N–H and O–H groups in total. The van der Waals surface area contributed by atoms with E-state index in [0.717, 1.165) is 30.8 Å². The normalized spacial score (nSPS) is 24.8. The molecule has 23 heavy (non-hydrogen) atoms. The molecule has 7 nitrogen and oxygen atoms in total. The summed E-state index contributed by atoms with van der Waals surface area (Å²) in [4.78, 5) is 26.9. The fourth-order valence-electron chi connectivity index (χ4n) is 3.23. The number of nitrogens with zero attached hydrogens (tertiary/aromatic N) is 2. The van der Waals surface area contributed by atoms with Gasteiger partial charge in [-0.3, -0.25) is 4.79 Å². The maximum Gasteiger partial charge on any atom is 0.405 e. The topological polar surface area (TPSA) is 93.1 Å². The summed E-state index contributed by atoms with van der Waals surface area (Å²) in [5.74, 6) is -0.206. The van der Waals surface area contributed by atoms with Gasteiger partial charge in [-0.05, 0) is 43.5 Å². The van der Waals surface area contributed by atoms with Crippen molar-refractivity contribution in [2.75, 3.05) is 29.4 Å². The Labute approximate surface area is 134 Å². The molecule has 2 unspecified atom stereocenters. The first-order valence-corrected chi connectivity index (χ1v) is 7.88. The van der Waals surface area contributed by atoms with Gasteiger partial charge in [0.25, 0.3) is 0 Å². The minimum Gasteiger partial charge on any atom is -0.465 e. The van der Waals surface area contributed by atoms with Crippen molar-refractivity contribution in [2.24, 2.45) is 0 Å². The number of piperidine rings is 1. The Morgan fingerprint density at radius 2 is 1.83 bits per heavy atom. The van der Waals surface area contributed by atoms with E-state index in [-0.39, 0.29) is 12.0 Å². The third-order valence-corrected chi connectivity index (χ3v) is 4.43. The number of anilines is 2. The van der Waals surface area contributed by atoms with E-state index in [2.05, 4.69) is 10.2 Å². The molecule has 1 aromatic carbocycles. The average molecular weight is 319 g/mol. The van der Waals surface area contributed by atoms with Gasteiger partial charge in [-0.25, -0.2) is 4.79 Å². The van der Waals surface area contributed by atoms with E-state index in [4.69, 9.17) is 5.11 Å². The molecule has 124 valence electrons. The molecular formula is C16H21N3O4. The summed E-state index contributed by atoms with van der Waals surface area (Å²) in [5.41, 5.74) is 1.80. The Kier molecular flexibility index (Phi) is 4.38. The minimum absolute atomic E-state index is 0.206. The van der Waals surface area contributed by atoms with Gasteiger partial charge in [0, 0.05) is 31.0 Å². The molecule has 2 amide bonds. The zero-order chi connectivity index (χ0) is 16.4. The Hall–Kier alpha value is -2.28. The van der Waals surface area contributed by atoms with E-state index < -0.39 is 12.1 Å². The first-order chi connectivity index (χ1) is 11.0. The number of nitrogens with one attached hydrogen (secondary N) is 1. The molecule has 2 atom stereocenters. The van der Waals surface area contributed by atoms with E-state index in [1.807, 2.05) is 24.3 Å². The molecule has 2 aliphatic heterocycles. The number of rotatable bonds is 3. The molecule has 1 aromatic rings. The first kappa shape index (κ1) is 15.6. The molecule has 0 aromatic heterocycles. The predicted octanol–water partition coefficient (Wildman–Crippen LogP) is 1.02. The van der Waals surface area contributed by atoms with Crippen molar-refractivity contribution in [1.29, 1.82) is 0 Å². The highest BCUT2D eigenvalue weighted by atomic mass is 16.4. The molecule has 0 radical (unpaired) electrons. The van der Waals surface area contributed by atoms with Gasteiger partial charge in [-0.2, -0.15) is 0 Å².